The van der Waals surface area contributed by atoms with Gasteiger partial charge in [0, 0.05) is 34.5 Å². The molecule has 0 aliphatic carbocycles. The molecule has 0 bridgehead atoms. The highest BCUT2D eigenvalue weighted by Crippen LogP contribution is 2.32. The molecule has 0 unspecified atom stereocenters. The summed E-state index contributed by atoms with van der Waals surface area (Å²) in [6.07, 6.45) is 3.82. The van der Waals surface area contributed by atoms with Crippen LogP contribution in [0.15, 0.2) is 54.9 Å². The van der Waals surface area contributed by atoms with Crippen LogP contribution < -0.4 is 0 Å². The van der Waals surface area contributed by atoms with E-state index in [0.29, 0.717) is 33.3 Å². The molecular formula is C25H20ClFN6. The van der Waals surface area contributed by atoms with Gasteiger partial charge in [0.15, 0.2) is 11.5 Å². The van der Waals surface area contributed by atoms with Crippen molar-refractivity contribution in [2.24, 2.45) is 0 Å². The van der Waals surface area contributed by atoms with Crippen molar-refractivity contribution >= 4 is 22.8 Å². The first-order chi connectivity index (χ1) is 15.9. The maximum Gasteiger partial charge on any atom is 0.182 e. The van der Waals surface area contributed by atoms with Gasteiger partial charge in [-0.05, 0) is 50.6 Å². The van der Waals surface area contributed by atoms with Gasteiger partial charge in [0.1, 0.15) is 17.0 Å². The second-order valence-electron chi connectivity index (χ2n) is 7.75. The van der Waals surface area contributed by atoms with Crippen LogP contribution in [0.1, 0.15) is 18.3 Å². The Hall–Kier alpha value is -3.71. The number of aryl methyl sites for hydroxylation is 3. The van der Waals surface area contributed by atoms with Crippen molar-refractivity contribution in [1.29, 1.82) is 0 Å². The molecule has 0 aliphatic rings. The smallest absolute Gasteiger partial charge is 0.182 e. The van der Waals surface area contributed by atoms with E-state index in [1.165, 1.54) is 6.07 Å². The molecule has 0 amide bonds. The normalized spacial score (nSPS) is 11.3. The first-order valence-corrected chi connectivity index (χ1v) is 10.9. The summed E-state index contributed by atoms with van der Waals surface area (Å²) < 4.78 is 16.8. The van der Waals surface area contributed by atoms with Gasteiger partial charge in [-0.3, -0.25) is 4.68 Å². The quantitative estimate of drug-likeness (QED) is 0.328. The molecule has 0 fully saturated rings. The molecule has 2 aromatic carbocycles. The zero-order valence-corrected chi connectivity index (χ0v) is 19.1. The second kappa shape index (κ2) is 8.33. The van der Waals surface area contributed by atoms with Crippen LogP contribution in [-0.2, 0) is 6.54 Å². The summed E-state index contributed by atoms with van der Waals surface area (Å²) in [6.45, 7) is 6.56. The molecule has 164 valence electrons. The summed E-state index contributed by atoms with van der Waals surface area (Å²) in [4.78, 5) is 18.7. The zero-order valence-electron chi connectivity index (χ0n) is 18.3. The van der Waals surface area contributed by atoms with E-state index in [0.717, 1.165) is 34.6 Å². The molecule has 5 rings (SSSR count). The Morgan fingerprint density at radius 3 is 2.45 bits per heavy atom. The number of fused-ring (bicyclic) bond motifs is 1. The predicted octanol–water partition coefficient (Wildman–Crippen LogP) is 6.05. The van der Waals surface area contributed by atoms with Gasteiger partial charge in [0.25, 0.3) is 0 Å². The molecule has 0 spiro atoms. The van der Waals surface area contributed by atoms with Crippen LogP contribution in [0.25, 0.3) is 44.9 Å². The van der Waals surface area contributed by atoms with Crippen molar-refractivity contribution < 1.29 is 4.39 Å². The highest BCUT2D eigenvalue weighted by Gasteiger charge is 2.18. The Balaban J connectivity index is 1.73. The number of rotatable bonds is 4. The third kappa shape index (κ3) is 3.96. The fraction of sp³-hybridized carbons (Fsp3) is 0.160. The first kappa shape index (κ1) is 21.2. The maximum atomic E-state index is 14.9. The predicted molar refractivity (Wildman–Crippen MR) is 127 cm³/mol. The van der Waals surface area contributed by atoms with E-state index in [-0.39, 0.29) is 0 Å². The molecule has 5 aromatic rings. The highest BCUT2D eigenvalue weighted by molar-refractivity contribution is 6.30. The van der Waals surface area contributed by atoms with Crippen molar-refractivity contribution in [2.45, 2.75) is 27.3 Å². The molecule has 33 heavy (non-hydrogen) atoms. The van der Waals surface area contributed by atoms with Gasteiger partial charge in [0.05, 0.1) is 17.6 Å². The van der Waals surface area contributed by atoms with Crippen molar-refractivity contribution in [3.8, 4) is 33.8 Å². The lowest BCUT2D eigenvalue weighted by atomic mass is 10.1. The van der Waals surface area contributed by atoms with Crippen LogP contribution in [0.4, 0.5) is 4.39 Å². The third-order valence-electron chi connectivity index (χ3n) is 5.54. The van der Waals surface area contributed by atoms with Gasteiger partial charge in [-0.15, -0.1) is 0 Å². The maximum absolute atomic E-state index is 14.9. The summed E-state index contributed by atoms with van der Waals surface area (Å²) in [5, 5.41) is 4.67. The van der Waals surface area contributed by atoms with Crippen molar-refractivity contribution in [1.82, 2.24) is 29.7 Å². The van der Waals surface area contributed by atoms with E-state index in [2.05, 4.69) is 20.1 Å². The van der Waals surface area contributed by atoms with Crippen LogP contribution in [0.2, 0.25) is 5.02 Å². The molecule has 0 radical (unpaired) electrons. The average Bonchev–Trinajstić information content (AvgIpc) is 3.29. The molecule has 8 heteroatoms. The number of nitrogens with zero attached hydrogens (tertiary/aromatic N) is 6. The standard InChI is InChI=1S/C25H20ClFN6/c1-4-33-13-18(12-28-33)16-6-5-7-17(10-16)24-31-22(20-9-8-19(26)11-21(20)27)23-25(32-24)30-15(3)14(2)29-23/h5-13H,4H2,1-3H3. The van der Waals surface area contributed by atoms with E-state index in [1.54, 1.807) is 12.1 Å². The molecule has 0 N–H and O–H groups in total. The minimum absolute atomic E-state index is 0.297. The Bertz CT molecular complexity index is 1510. The van der Waals surface area contributed by atoms with Crippen LogP contribution in [0, 0.1) is 19.7 Å². The first-order valence-electron chi connectivity index (χ1n) is 10.5. The second-order valence-corrected chi connectivity index (χ2v) is 8.19. The minimum Gasteiger partial charge on any atom is -0.272 e. The number of halogens is 2. The summed E-state index contributed by atoms with van der Waals surface area (Å²) in [7, 11) is 0. The molecule has 0 saturated carbocycles. The van der Waals surface area contributed by atoms with E-state index >= 15 is 0 Å². The molecular weight excluding hydrogens is 439 g/mol. The summed E-state index contributed by atoms with van der Waals surface area (Å²) in [5.41, 5.74) is 5.81. The molecule has 6 nitrogen and oxygen atoms in total. The van der Waals surface area contributed by atoms with Crippen LogP contribution >= 0.6 is 11.6 Å². The van der Waals surface area contributed by atoms with E-state index in [1.807, 2.05) is 62.1 Å². The topological polar surface area (TPSA) is 69.4 Å². The monoisotopic (exact) mass is 458 g/mol. The van der Waals surface area contributed by atoms with Gasteiger partial charge in [0.2, 0.25) is 0 Å². The molecule has 3 heterocycles. The van der Waals surface area contributed by atoms with Crippen molar-refractivity contribution in [3.63, 3.8) is 0 Å². The van der Waals surface area contributed by atoms with Crippen LogP contribution in [0.5, 0.6) is 0 Å². The lowest BCUT2D eigenvalue weighted by molar-refractivity contribution is 0.631. The largest absolute Gasteiger partial charge is 0.272 e. The average molecular weight is 459 g/mol. The zero-order chi connectivity index (χ0) is 23.1. The van der Waals surface area contributed by atoms with Gasteiger partial charge in [-0.1, -0.05) is 29.8 Å². The molecule has 0 aliphatic heterocycles. The van der Waals surface area contributed by atoms with E-state index in [9.17, 15) is 4.39 Å². The third-order valence-corrected chi connectivity index (χ3v) is 5.78. The lowest BCUT2D eigenvalue weighted by Gasteiger charge is -2.11. The van der Waals surface area contributed by atoms with Crippen LogP contribution in [0.3, 0.4) is 0 Å². The van der Waals surface area contributed by atoms with Gasteiger partial charge in [-0.2, -0.15) is 5.10 Å². The van der Waals surface area contributed by atoms with Crippen molar-refractivity contribution in [2.75, 3.05) is 0 Å². The van der Waals surface area contributed by atoms with Gasteiger partial charge >= 0.3 is 0 Å². The summed E-state index contributed by atoms with van der Waals surface area (Å²) in [6, 6.07) is 12.4. The minimum atomic E-state index is -0.478. The molecule has 0 saturated heterocycles. The number of hydrogen-bond acceptors (Lipinski definition) is 5. The van der Waals surface area contributed by atoms with E-state index in [4.69, 9.17) is 16.6 Å². The number of aromatic nitrogens is 6. The fourth-order valence-electron chi connectivity index (χ4n) is 3.63. The Morgan fingerprint density at radius 2 is 1.70 bits per heavy atom. The van der Waals surface area contributed by atoms with Gasteiger partial charge in [-0.25, -0.2) is 24.3 Å². The summed E-state index contributed by atoms with van der Waals surface area (Å²) >= 11 is 5.98. The summed E-state index contributed by atoms with van der Waals surface area (Å²) in [5.74, 6) is -0.0386. The van der Waals surface area contributed by atoms with Crippen LogP contribution in [-0.4, -0.2) is 29.7 Å². The lowest BCUT2D eigenvalue weighted by Crippen LogP contribution is -2.02. The van der Waals surface area contributed by atoms with E-state index < -0.39 is 5.82 Å². The number of hydrogen-bond donors (Lipinski definition) is 0. The Kier molecular flexibility index (Phi) is 5.34. The Labute approximate surface area is 195 Å². The highest BCUT2D eigenvalue weighted by atomic mass is 35.5. The SMILES string of the molecule is CCn1cc(-c2cccc(-c3nc(-c4ccc(Cl)cc4F)c4nc(C)c(C)nc4n3)c2)cn1. The number of benzene rings is 2. The molecule has 3 aromatic heterocycles. The Morgan fingerprint density at radius 1 is 0.909 bits per heavy atom. The fourth-order valence-corrected chi connectivity index (χ4v) is 3.79. The van der Waals surface area contributed by atoms with Gasteiger partial charge < -0.3 is 0 Å². The molecule has 0 atom stereocenters. The van der Waals surface area contributed by atoms with Crippen molar-refractivity contribution in [3.05, 3.63) is 77.1 Å².